The van der Waals surface area contributed by atoms with E-state index in [0.29, 0.717) is 31.5 Å². The number of aromatic nitrogens is 2. The van der Waals surface area contributed by atoms with E-state index in [2.05, 4.69) is 51.0 Å². The van der Waals surface area contributed by atoms with E-state index in [4.69, 9.17) is 5.73 Å². The van der Waals surface area contributed by atoms with Gasteiger partial charge in [-0.15, -0.1) is 0 Å². The van der Waals surface area contributed by atoms with Gasteiger partial charge in [0, 0.05) is 32.6 Å². The highest BCUT2D eigenvalue weighted by molar-refractivity contribution is 5.73. The van der Waals surface area contributed by atoms with Crippen LogP contribution in [0, 0.1) is 23.0 Å². The van der Waals surface area contributed by atoms with Gasteiger partial charge < -0.3 is 21.7 Å². The fourth-order valence-corrected chi connectivity index (χ4v) is 4.99. The number of carbonyl (C=O) groups is 1. The van der Waals surface area contributed by atoms with Crippen molar-refractivity contribution in [2.45, 2.75) is 58.7 Å². The Morgan fingerprint density at radius 3 is 2.61 bits per heavy atom. The van der Waals surface area contributed by atoms with Crippen molar-refractivity contribution in [1.29, 1.82) is 0 Å². The Bertz CT molecular complexity index is 1290. The van der Waals surface area contributed by atoms with Gasteiger partial charge in [-0.3, -0.25) is 14.9 Å². The highest BCUT2D eigenvalue weighted by Gasteiger charge is 2.23. The summed E-state index contributed by atoms with van der Waals surface area (Å²) in [4.78, 5) is 31.0. The summed E-state index contributed by atoms with van der Waals surface area (Å²) < 4.78 is 0. The summed E-state index contributed by atoms with van der Waals surface area (Å²) in [5, 5.41) is 21.0. The van der Waals surface area contributed by atoms with Gasteiger partial charge in [0.15, 0.2) is 0 Å². The summed E-state index contributed by atoms with van der Waals surface area (Å²) in [6, 6.07) is 14.5. The Morgan fingerprint density at radius 1 is 1.13 bits per heavy atom. The summed E-state index contributed by atoms with van der Waals surface area (Å²) in [5.41, 5.74) is 11.2. The Labute approximate surface area is 222 Å². The Balaban J connectivity index is 1.42. The Morgan fingerprint density at radius 2 is 1.89 bits per heavy atom. The van der Waals surface area contributed by atoms with E-state index >= 15 is 0 Å². The molecule has 3 aromatic rings. The number of nitro groups is 1. The number of nitrogens with zero attached hydrogens (tertiary/aromatic N) is 3. The van der Waals surface area contributed by atoms with Gasteiger partial charge in [0.05, 0.1) is 4.92 Å². The minimum Gasteiger partial charge on any atom is -0.364 e. The quantitative estimate of drug-likeness (QED) is 0.226. The van der Waals surface area contributed by atoms with Crippen LogP contribution in [-0.4, -0.2) is 33.4 Å². The van der Waals surface area contributed by atoms with Crippen LogP contribution in [0.25, 0.3) is 11.1 Å². The van der Waals surface area contributed by atoms with Gasteiger partial charge in [-0.1, -0.05) is 36.4 Å². The molecule has 1 amide bonds. The van der Waals surface area contributed by atoms with Gasteiger partial charge in [-0.05, 0) is 72.4 Å². The predicted molar refractivity (Wildman–Crippen MR) is 149 cm³/mol. The molecule has 0 spiro atoms. The van der Waals surface area contributed by atoms with Crippen molar-refractivity contribution in [3.63, 3.8) is 0 Å². The monoisotopic (exact) mass is 517 g/mol. The van der Waals surface area contributed by atoms with Crippen LogP contribution in [0.15, 0.2) is 48.7 Å². The number of benzene rings is 2. The molecular weight excluding hydrogens is 482 g/mol. The average Bonchev–Trinajstić information content (AvgIpc) is 2.91. The lowest BCUT2D eigenvalue weighted by molar-refractivity contribution is -0.384. The lowest BCUT2D eigenvalue weighted by atomic mass is 9.86. The molecule has 1 aromatic heterocycles. The van der Waals surface area contributed by atoms with Crippen molar-refractivity contribution in [2.75, 3.05) is 17.2 Å². The molecule has 1 aliphatic carbocycles. The van der Waals surface area contributed by atoms with Crippen molar-refractivity contribution < 1.29 is 9.72 Å². The highest BCUT2D eigenvalue weighted by Crippen LogP contribution is 2.29. The van der Waals surface area contributed by atoms with Crippen LogP contribution < -0.4 is 21.7 Å². The van der Waals surface area contributed by atoms with Gasteiger partial charge >= 0.3 is 5.69 Å². The van der Waals surface area contributed by atoms with E-state index in [1.807, 2.05) is 24.3 Å². The highest BCUT2D eigenvalue weighted by atomic mass is 16.6. The SMILES string of the molecule is CC(=O)N[C@H]1CC[C@H](CNc2nc(NCc3cccc(-c4cccc(CN)c4)c3C)ncc2[N+](=O)[O-])CC1. The molecule has 0 saturated heterocycles. The van der Waals surface area contributed by atoms with Gasteiger partial charge in [0.1, 0.15) is 6.20 Å². The Kier molecular flexibility index (Phi) is 8.85. The molecule has 2 aromatic carbocycles. The number of nitrogens with one attached hydrogen (secondary N) is 3. The third-order valence-electron chi connectivity index (χ3n) is 7.14. The van der Waals surface area contributed by atoms with Crippen LogP contribution in [0.3, 0.4) is 0 Å². The van der Waals surface area contributed by atoms with Crippen molar-refractivity contribution in [2.24, 2.45) is 11.7 Å². The normalized spacial score (nSPS) is 17.0. The molecule has 1 saturated carbocycles. The summed E-state index contributed by atoms with van der Waals surface area (Å²) in [6.07, 6.45) is 4.92. The number of amides is 1. The molecule has 0 unspecified atom stereocenters. The third kappa shape index (κ3) is 6.83. The zero-order valence-electron chi connectivity index (χ0n) is 21.9. The van der Waals surface area contributed by atoms with E-state index in [1.165, 1.54) is 13.1 Å². The van der Waals surface area contributed by atoms with Gasteiger partial charge in [-0.2, -0.15) is 4.98 Å². The molecular formula is C28H35N7O3. The van der Waals surface area contributed by atoms with E-state index in [0.717, 1.165) is 53.5 Å². The first-order valence-electron chi connectivity index (χ1n) is 13.0. The third-order valence-corrected chi connectivity index (χ3v) is 7.14. The summed E-state index contributed by atoms with van der Waals surface area (Å²) in [6.45, 7) is 5.15. The maximum absolute atomic E-state index is 11.6. The molecule has 4 rings (SSSR count). The largest absolute Gasteiger partial charge is 0.364 e. The van der Waals surface area contributed by atoms with Gasteiger partial charge in [0.25, 0.3) is 0 Å². The fraction of sp³-hybridized carbons (Fsp3) is 0.393. The zero-order valence-corrected chi connectivity index (χ0v) is 21.9. The van der Waals surface area contributed by atoms with Crippen molar-refractivity contribution in [3.05, 3.63) is 75.5 Å². The first-order chi connectivity index (χ1) is 18.3. The van der Waals surface area contributed by atoms with E-state index in [-0.39, 0.29) is 23.5 Å². The minimum atomic E-state index is -0.469. The van der Waals surface area contributed by atoms with Crippen LogP contribution in [0.2, 0.25) is 0 Å². The number of hydrogen-bond acceptors (Lipinski definition) is 8. The molecule has 1 heterocycles. The molecule has 10 heteroatoms. The number of anilines is 2. The second-order valence-electron chi connectivity index (χ2n) is 9.83. The van der Waals surface area contributed by atoms with E-state index < -0.39 is 4.92 Å². The topological polar surface area (TPSA) is 148 Å². The van der Waals surface area contributed by atoms with Crippen LogP contribution >= 0.6 is 0 Å². The smallest absolute Gasteiger partial charge is 0.329 e. The van der Waals surface area contributed by atoms with Crippen molar-refractivity contribution in [3.8, 4) is 11.1 Å². The molecule has 38 heavy (non-hydrogen) atoms. The predicted octanol–water partition coefficient (Wildman–Crippen LogP) is 4.54. The number of carbonyl (C=O) groups excluding carboxylic acids is 1. The molecule has 0 atom stereocenters. The summed E-state index contributed by atoms with van der Waals surface area (Å²) in [7, 11) is 0. The van der Waals surface area contributed by atoms with Gasteiger partial charge in [-0.25, -0.2) is 4.98 Å². The van der Waals surface area contributed by atoms with Crippen LogP contribution in [-0.2, 0) is 17.9 Å². The molecule has 1 fully saturated rings. The van der Waals surface area contributed by atoms with Crippen LogP contribution in [0.1, 0.15) is 49.3 Å². The van der Waals surface area contributed by atoms with Crippen molar-refractivity contribution >= 4 is 23.4 Å². The van der Waals surface area contributed by atoms with Crippen molar-refractivity contribution in [1.82, 2.24) is 15.3 Å². The van der Waals surface area contributed by atoms with E-state index in [9.17, 15) is 14.9 Å². The molecule has 0 bridgehead atoms. The summed E-state index contributed by atoms with van der Waals surface area (Å²) >= 11 is 0. The lowest BCUT2D eigenvalue weighted by Crippen LogP contribution is -2.37. The first kappa shape index (κ1) is 27.0. The molecule has 200 valence electrons. The fourth-order valence-electron chi connectivity index (χ4n) is 4.99. The number of nitrogens with two attached hydrogens (primary N) is 1. The zero-order chi connectivity index (χ0) is 27.1. The Hall–Kier alpha value is -4.05. The standard InChI is InChI=1S/C28H35N7O3/c1-18-23(7-4-8-25(18)22-6-3-5-21(13-22)14-29)16-31-28-32-17-26(35(37)38)27(34-28)30-15-20-9-11-24(12-10-20)33-19(2)36/h3-8,13,17,20,24H,9-12,14-16,29H2,1-2H3,(H,33,36)(H2,30,31,32,34)/t20-,24-. The number of hydrogen-bond donors (Lipinski definition) is 4. The van der Waals surface area contributed by atoms with Crippen LogP contribution in [0.4, 0.5) is 17.5 Å². The second kappa shape index (κ2) is 12.5. The average molecular weight is 518 g/mol. The molecule has 5 N–H and O–H groups in total. The molecule has 0 radical (unpaired) electrons. The molecule has 1 aliphatic rings. The minimum absolute atomic E-state index is 0.00839. The molecule has 10 nitrogen and oxygen atoms in total. The van der Waals surface area contributed by atoms with E-state index in [1.54, 1.807) is 0 Å². The maximum atomic E-state index is 11.6. The number of rotatable bonds is 10. The molecule has 0 aliphatic heterocycles. The lowest BCUT2D eigenvalue weighted by Gasteiger charge is -2.29. The van der Waals surface area contributed by atoms with Gasteiger partial charge in [0.2, 0.25) is 17.7 Å². The van der Waals surface area contributed by atoms with Crippen LogP contribution in [0.5, 0.6) is 0 Å². The first-order valence-corrected chi connectivity index (χ1v) is 13.0. The summed E-state index contributed by atoms with van der Waals surface area (Å²) in [5.74, 6) is 0.878. The maximum Gasteiger partial charge on any atom is 0.329 e. The second-order valence-corrected chi connectivity index (χ2v) is 9.83.